The Morgan fingerprint density at radius 3 is 2.78 bits per heavy atom. The fraction of sp³-hybridized carbons (Fsp3) is 0.538. The van der Waals surface area contributed by atoms with Crippen LogP contribution in [0, 0.1) is 12.7 Å². The highest BCUT2D eigenvalue weighted by molar-refractivity contribution is 5.29. The predicted octanol–water partition coefficient (Wildman–Crippen LogP) is 0.971. The van der Waals surface area contributed by atoms with E-state index in [0.29, 0.717) is 6.54 Å². The van der Waals surface area contributed by atoms with Crippen molar-refractivity contribution in [3.05, 3.63) is 35.1 Å². The SMILES string of the molecule is Cc1cc(F)ccc1C(CN)NN1CCOCC1. The number of hydrogen-bond acceptors (Lipinski definition) is 4. The van der Waals surface area contributed by atoms with Crippen LogP contribution in [0.25, 0.3) is 0 Å². The number of ether oxygens (including phenoxy) is 1. The third-order valence-electron chi connectivity index (χ3n) is 3.19. The molecule has 1 aromatic rings. The van der Waals surface area contributed by atoms with Crippen molar-refractivity contribution in [3.63, 3.8) is 0 Å². The molecule has 4 nitrogen and oxygen atoms in total. The lowest BCUT2D eigenvalue weighted by Crippen LogP contribution is -2.48. The zero-order chi connectivity index (χ0) is 13.0. The van der Waals surface area contributed by atoms with Crippen LogP contribution in [0.4, 0.5) is 4.39 Å². The third kappa shape index (κ3) is 3.26. The molecule has 0 radical (unpaired) electrons. The number of aryl methyl sites for hydroxylation is 1. The van der Waals surface area contributed by atoms with Crippen molar-refractivity contribution >= 4 is 0 Å². The lowest BCUT2D eigenvalue weighted by molar-refractivity contribution is 0.00400. The highest BCUT2D eigenvalue weighted by Gasteiger charge is 2.17. The van der Waals surface area contributed by atoms with Gasteiger partial charge in [-0.3, -0.25) is 0 Å². The van der Waals surface area contributed by atoms with Crippen LogP contribution in [0.15, 0.2) is 18.2 Å². The lowest BCUT2D eigenvalue weighted by atomic mass is 10.0. The number of hydrazine groups is 1. The molecule has 0 spiro atoms. The number of nitrogens with one attached hydrogen (secondary N) is 1. The van der Waals surface area contributed by atoms with Crippen molar-refractivity contribution in [2.24, 2.45) is 5.73 Å². The Morgan fingerprint density at radius 1 is 1.44 bits per heavy atom. The number of morpholine rings is 1. The molecule has 0 aromatic heterocycles. The second kappa shape index (κ2) is 6.24. The van der Waals surface area contributed by atoms with Gasteiger partial charge in [-0.05, 0) is 30.2 Å². The van der Waals surface area contributed by atoms with Gasteiger partial charge < -0.3 is 10.5 Å². The van der Waals surface area contributed by atoms with Crippen molar-refractivity contribution in [1.29, 1.82) is 0 Å². The summed E-state index contributed by atoms with van der Waals surface area (Å²) >= 11 is 0. The van der Waals surface area contributed by atoms with Crippen molar-refractivity contribution in [2.75, 3.05) is 32.8 Å². The number of hydrogen-bond donors (Lipinski definition) is 2. The van der Waals surface area contributed by atoms with E-state index < -0.39 is 0 Å². The Balaban J connectivity index is 2.07. The minimum Gasteiger partial charge on any atom is -0.379 e. The van der Waals surface area contributed by atoms with Crippen molar-refractivity contribution in [2.45, 2.75) is 13.0 Å². The molecule has 1 aliphatic heterocycles. The first-order valence-electron chi connectivity index (χ1n) is 6.25. The molecule has 0 saturated carbocycles. The summed E-state index contributed by atoms with van der Waals surface area (Å²) in [5, 5.41) is 2.11. The number of rotatable bonds is 4. The summed E-state index contributed by atoms with van der Waals surface area (Å²) in [5.41, 5.74) is 11.2. The number of nitrogens with two attached hydrogens (primary N) is 1. The monoisotopic (exact) mass is 253 g/mol. The molecule has 100 valence electrons. The van der Waals surface area contributed by atoms with Crippen LogP contribution in [-0.4, -0.2) is 37.9 Å². The van der Waals surface area contributed by atoms with E-state index in [4.69, 9.17) is 10.5 Å². The molecule has 2 rings (SSSR count). The third-order valence-corrected chi connectivity index (χ3v) is 3.19. The summed E-state index contributed by atoms with van der Waals surface area (Å²) in [5.74, 6) is -0.210. The molecule has 1 fully saturated rings. The highest BCUT2D eigenvalue weighted by atomic mass is 19.1. The lowest BCUT2D eigenvalue weighted by Gasteiger charge is -2.32. The minimum atomic E-state index is -0.210. The van der Waals surface area contributed by atoms with E-state index in [2.05, 4.69) is 10.4 Å². The van der Waals surface area contributed by atoms with Gasteiger partial charge >= 0.3 is 0 Å². The zero-order valence-electron chi connectivity index (χ0n) is 10.7. The summed E-state index contributed by atoms with van der Waals surface area (Å²) in [6.45, 7) is 5.53. The molecule has 3 N–H and O–H groups in total. The molecule has 5 heteroatoms. The fourth-order valence-corrected chi connectivity index (χ4v) is 2.19. The molecule has 1 saturated heterocycles. The van der Waals surface area contributed by atoms with Gasteiger partial charge in [0, 0.05) is 19.6 Å². The van der Waals surface area contributed by atoms with E-state index in [1.165, 1.54) is 6.07 Å². The Bertz CT molecular complexity index is 394. The topological polar surface area (TPSA) is 50.5 Å². The Kier molecular flexibility index (Phi) is 4.66. The van der Waals surface area contributed by atoms with Gasteiger partial charge in [0.2, 0.25) is 0 Å². The average molecular weight is 253 g/mol. The second-order valence-corrected chi connectivity index (χ2v) is 4.52. The van der Waals surface area contributed by atoms with Gasteiger partial charge in [0.25, 0.3) is 0 Å². The molecule has 0 amide bonds. The van der Waals surface area contributed by atoms with Gasteiger partial charge in [-0.1, -0.05) is 6.07 Å². The van der Waals surface area contributed by atoms with Crippen LogP contribution in [0.1, 0.15) is 17.2 Å². The summed E-state index contributed by atoms with van der Waals surface area (Å²) in [7, 11) is 0. The van der Waals surface area contributed by atoms with Crippen LogP contribution >= 0.6 is 0 Å². The van der Waals surface area contributed by atoms with E-state index in [-0.39, 0.29) is 11.9 Å². The summed E-state index contributed by atoms with van der Waals surface area (Å²) in [6.07, 6.45) is 0. The standard InChI is InChI=1S/C13H20FN3O/c1-10-8-11(14)2-3-12(10)13(9-15)16-17-4-6-18-7-5-17/h2-3,8,13,16H,4-7,9,15H2,1H3. The normalized spacial score (nSPS) is 18.8. The average Bonchev–Trinajstić information content (AvgIpc) is 2.38. The van der Waals surface area contributed by atoms with E-state index in [1.807, 2.05) is 6.92 Å². The van der Waals surface area contributed by atoms with Gasteiger partial charge in [0.15, 0.2) is 0 Å². The quantitative estimate of drug-likeness (QED) is 0.839. The maximum atomic E-state index is 13.1. The summed E-state index contributed by atoms with van der Waals surface area (Å²) < 4.78 is 18.4. The second-order valence-electron chi connectivity index (χ2n) is 4.52. The summed E-state index contributed by atoms with van der Waals surface area (Å²) in [6, 6.07) is 4.84. The molecular weight excluding hydrogens is 233 g/mol. The highest BCUT2D eigenvalue weighted by Crippen LogP contribution is 2.18. The first-order valence-corrected chi connectivity index (χ1v) is 6.25. The van der Waals surface area contributed by atoms with Crippen LogP contribution in [0.2, 0.25) is 0 Å². The van der Waals surface area contributed by atoms with Crippen molar-refractivity contribution in [3.8, 4) is 0 Å². The van der Waals surface area contributed by atoms with Gasteiger partial charge in [-0.2, -0.15) is 0 Å². The van der Waals surface area contributed by atoms with Crippen molar-refractivity contribution < 1.29 is 9.13 Å². The summed E-state index contributed by atoms with van der Waals surface area (Å²) in [4.78, 5) is 0. The number of nitrogens with zero attached hydrogens (tertiary/aromatic N) is 1. The smallest absolute Gasteiger partial charge is 0.123 e. The zero-order valence-corrected chi connectivity index (χ0v) is 10.7. The van der Waals surface area contributed by atoms with Gasteiger partial charge in [-0.15, -0.1) is 0 Å². The molecule has 0 bridgehead atoms. The van der Waals surface area contributed by atoms with Crippen LogP contribution in [0.5, 0.6) is 0 Å². The minimum absolute atomic E-state index is 0.0173. The van der Waals surface area contributed by atoms with E-state index in [9.17, 15) is 4.39 Å². The molecule has 1 atom stereocenters. The number of benzene rings is 1. The fourth-order valence-electron chi connectivity index (χ4n) is 2.19. The van der Waals surface area contributed by atoms with Crippen LogP contribution in [0.3, 0.4) is 0 Å². The van der Waals surface area contributed by atoms with Gasteiger partial charge in [0.1, 0.15) is 5.82 Å². The number of halogens is 1. The van der Waals surface area contributed by atoms with E-state index >= 15 is 0 Å². The van der Waals surface area contributed by atoms with Crippen LogP contribution < -0.4 is 11.2 Å². The van der Waals surface area contributed by atoms with E-state index in [0.717, 1.165) is 37.4 Å². The van der Waals surface area contributed by atoms with Crippen LogP contribution in [-0.2, 0) is 4.74 Å². The maximum absolute atomic E-state index is 13.1. The van der Waals surface area contributed by atoms with E-state index in [1.54, 1.807) is 12.1 Å². The Hall–Kier alpha value is -1.01. The Morgan fingerprint density at radius 2 is 2.17 bits per heavy atom. The first-order chi connectivity index (χ1) is 8.70. The molecule has 1 heterocycles. The maximum Gasteiger partial charge on any atom is 0.123 e. The van der Waals surface area contributed by atoms with Gasteiger partial charge in [-0.25, -0.2) is 14.8 Å². The Labute approximate surface area is 107 Å². The molecular formula is C13H20FN3O. The molecule has 1 unspecified atom stereocenters. The van der Waals surface area contributed by atoms with Gasteiger partial charge in [0.05, 0.1) is 19.3 Å². The molecule has 1 aromatic carbocycles. The van der Waals surface area contributed by atoms with Crippen molar-refractivity contribution in [1.82, 2.24) is 10.4 Å². The predicted molar refractivity (Wildman–Crippen MR) is 68.5 cm³/mol. The largest absolute Gasteiger partial charge is 0.379 e. The first kappa shape index (κ1) is 13.4. The molecule has 18 heavy (non-hydrogen) atoms. The molecule has 1 aliphatic rings. The molecule has 0 aliphatic carbocycles.